The van der Waals surface area contributed by atoms with E-state index in [1.807, 2.05) is 34.5 Å². The van der Waals surface area contributed by atoms with Crippen molar-refractivity contribution in [2.75, 3.05) is 12.1 Å². The number of benzene rings is 2. The van der Waals surface area contributed by atoms with Gasteiger partial charge >= 0.3 is 0 Å². The molecule has 1 N–H and O–H groups in total. The van der Waals surface area contributed by atoms with Gasteiger partial charge in [0.15, 0.2) is 11.5 Å². The van der Waals surface area contributed by atoms with Gasteiger partial charge in [-0.1, -0.05) is 12.1 Å². The van der Waals surface area contributed by atoms with E-state index in [2.05, 4.69) is 5.32 Å². The van der Waals surface area contributed by atoms with Crippen LogP contribution in [0.2, 0.25) is 0 Å². The second-order valence-corrected chi connectivity index (χ2v) is 7.33. The van der Waals surface area contributed by atoms with Gasteiger partial charge in [0, 0.05) is 35.1 Å². The van der Waals surface area contributed by atoms with Gasteiger partial charge in [0.2, 0.25) is 6.79 Å². The maximum Gasteiger partial charge on any atom is 0.267 e. The van der Waals surface area contributed by atoms with Gasteiger partial charge in [0.25, 0.3) is 5.91 Å². The molecule has 0 saturated heterocycles. The smallest absolute Gasteiger partial charge is 0.267 e. The highest BCUT2D eigenvalue weighted by Gasteiger charge is 2.21. The Morgan fingerprint density at radius 3 is 2.59 bits per heavy atom. The summed E-state index contributed by atoms with van der Waals surface area (Å²) in [6, 6.07) is 15.3. The fraction of sp³-hybridized carbons (Fsp3) is 0.0455. The average Bonchev–Trinajstić information content (AvgIpc) is 3.47. The van der Waals surface area contributed by atoms with E-state index in [4.69, 9.17) is 9.47 Å². The summed E-state index contributed by atoms with van der Waals surface area (Å²) in [5, 5.41) is 4.84. The molecule has 0 bridgehead atoms. The van der Waals surface area contributed by atoms with Crippen LogP contribution in [0.1, 0.15) is 9.67 Å². The van der Waals surface area contributed by atoms with Crippen LogP contribution in [0, 0.1) is 5.82 Å². The first-order valence-corrected chi connectivity index (χ1v) is 9.79. The van der Waals surface area contributed by atoms with Crippen molar-refractivity contribution in [1.82, 2.24) is 4.57 Å². The van der Waals surface area contributed by atoms with E-state index in [0.717, 1.165) is 16.8 Å². The van der Waals surface area contributed by atoms with Gasteiger partial charge < -0.3 is 19.4 Å². The Bertz CT molecular complexity index is 1180. The zero-order valence-corrected chi connectivity index (χ0v) is 15.9. The van der Waals surface area contributed by atoms with Gasteiger partial charge in [0.05, 0.1) is 5.69 Å². The van der Waals surface area contributed by atoms with Crippen LogP contribution >= 0.6 is 11.3 Å². The normalized spacial score (nSPS) is 12.2. The Kier molecular flexibility index (Phi) is 4.29. The minimum atomic E-state index is -0.299. The molecule has 144 valence electrons. The number of carbonyl (C=O) groups is 1. The maximum atomic E-state index is 13.4. The molecule has 0 spiro atoms. The topological polar surface area (TPSA) is 52.5 Å². The van der Waals surface area contributed by atoms with Gasteiger partial charge in [-0.05, 0) is 42.0 Å². The molecule has 1 aliphatic heterocycles. The second-order valence-electron chi connectivity index (χ2n) is 6.45. The van der Waals surface area contributed by atoms with Crippen molar-refractivity contribution in [2.24, 2.45) is 0 Å². The number of carbonyl (C=O) groups excluding carboxylic acids is 1. The molecule has 0 aliphatic carbocycles. The fourth-order valence-corrected chi connectivity index (χ4v) is 4.22. The lowest BCUT2D eigenvalue weighted by Gasteiger charge is -2.10. The molecule has 0 unspecified atom stereocenters. The molecule has 0 radical (unpaired) electrons. The van der Waals surface area contributed by atoms with Crippen molar-refractivity contribution in [3.8, 4) is 28.3 Å². The Labute approximate surface area is 169 Å². The average molecular weight is 406 g/mol. The Morgan fingerprint density at radius 1 is 1.03 bits per heavy atom. The molecule has 1 amide bonds. The molecule has 0 atom stereocenters. The van der Waals surface area contributed by atoms with E-state index in [9.17, 15) is 9.18 Å². The largest absolute Gasteiger partial charge is 0.454 e. The highest BCUT2D eigenvalue weighted by molar-refractivity contribution is 7.13. The number of fused-ring (bicyclic) bond motifs is 1. The van der Waals surface area contributed by atoms with E-state index in [1.54, 1.807) is 30.3 Å². The van der Waals surface area contributed by atoms with Crippen LogP contribution in [0.3, 0.4) is 0 Å². The molecule has 1 aliphatic rings. The van der Waals surface area contributed by atoms with Gasteiger partial charge in [-0.2, -0.15) is 0 Å². The molecule has 7 heteroatoms. The summed E-state index contributed by atoms with van der Waals surface area (Å²) in [4.78, 5) is 13.6. The van der Waals surface area contributed by atoms with Crippen LogP contribution in [0.5, 0.6) is 11.5 Å². The first-order valence-electron chi connectivity index (χ1n) is 8.91. The van der Waals surface area contributed by atoms with Crippen molar-refractivity contribution in [3.63, 3.8) is 0 Å². The first kappa shape index (κ1) is 17.5. The Morgan fingerprint density at radius 2 is 1.79 bits per heavy atom. The minimum Gasteiger partial charge on any atom is -0.454 e. The van der Waals surface area contributed by atoms with E-state index in [0.29, 0.717) is 22.1 Å². The van der Waals surface area contributed by atoms with Crippen LogP contribution in [-0.4, -0.2) is 17.3 Å². The number of nitrogens with zero attached hydrogens (tertiary/aromatic N) is 1. The molecule has 5 rings (SSSR count). The first-order chi connectivity index (χ1) is 14.2. The highest BCUT2D eigenvalue weighted by Crippen LogP contribution is 2.37. The SMILES string of the molecule is O=C(Nc1ccc2c(c1)OCO2)c1scc(-c2ccc(F)cc2)c1-n1cccc1. The van der Waals surface area contributed by atoms with E-state index in [1.165, 1.54) is 23.5 Å². The second kappa shape index (κ2) is 7.10. The Hall–Kier alpha value is -3.58. The lowest BCUT2D eigenvalue weighted by atomic mass is 10.1. The zero-order valence-electron chi connectivity index (χ0n) is 15.1. The van der Waals surface area contributed by atoms with Gasteiger partial charge in [0.1, 0.15) is 10.7 Å². The van der Waals surface area contributed by atoms with Crippen LogP contribution in [0.15, 0.2) is 72.4 Å². The summed E-state index contributed by atoms with van der Waals surface area (Å²) in [5.74, 6) is 0.732. The van der Waals surface area contributed by atoms with Gasteiger partial charge in [-0.3, -0.25) is 4.79 Å². The number of anilines is 1. The molecule has 4 aromatic rings. The van der Waals surface area contributed by atoms with Crippen LogP contribution < -0.4 is 14.8 Å². The number of hydrogen-bond donors (Lipinski definition) is 1. The van der Waals surface area contributed by atoms with E-state index < -0.39 is 0 Å². The monoisotopic (exact) mass is 406 g/mol. The number of hydrogen-bond acceptors (Lipinski definition) is 4. The van der Waals surface area contributed by atoms with Crippen molar-refractivity contribution in [1.29, 1.82) is 0 Å². The molecule has 3 heterocycles. The summed E-state index contributed by atoms with van der Waals surface area (Å²) in [6.45, 7) is 0.177. The lowest BCUT2D eigenvalue weighted by Crippen LogP contribution is -2.13. The summed E-state index contributed by atoms with van der Waals surface area (Å²) in [6.07, 6.45) is 3.76. The predicted molar refractivity (Wildman–Crippen MR) is 110 cm³/mol. The molecule has 2 aromatic carbocycles. The quantitative estimate of drug-likeness (QED) is 0.499. The molecule has 2 aromatic heterocycles. The third-order valence-corrected chi connectivity index (χ3v) is 5.59. The molecule has 0 fully saturated rings. The highest BCUT2D eigenvalue weighted by atomic mass is 32.1. The summed E-state index contributed by atoms with van der Waals surface area (Å²) in [7, 11) is 0. The maximum absolute atomic E-state index is 13.4. The number of nitrogens with one attached hydrogen (secondary N) is 1. The molecule has 0 saturated carbocycles. The van der Waals surface area contributed by atoms with E-state index in [-0.39, 0.29) is 18.5 Å². The van der Waals surface area contributed by atoms with Crippen molar-refractivity contribution in [2.45, 2.75) is 0 Å². The van der Waals surface area contributed by atoms with Crippen LogP contribution in [0.4, 0.5) is 10.1 Å². The van der Waals surface area contributed by atoms with Crippen LogP contribution in [0.25, 0.3) is 16.8 Å². The molecular weight excluding hydrogens is 391 g/mol. The third-order valence-electron chi connectivity index (χ3n) is 4.62. The van der Waals surface area contributed by atoms with Crippen molar-refractivity contribution in [3.05, 3.63) is 83.1 Å². The molecule has 29 heavy (non-hydrogen) atoms. The predicted octanol–water partition coefficient (Wildman–Crippen LogP) is 5.33. The van der Waals surface area contributed by atoms with Gasteiger partial charge in [-0.25, -0.2) is 4.39 Å². The van der Waals surface area contributed by atoms with Gasteiger partial charge in [-0.15, -0.1) is 11.3 Å². The number of amides is 1. The molecular formula is C22H15FN2O3S. The zero-order chi connectivity index (χ0) is 19.8. The molecule has 5 nitrogen and oxygen atoms in total. The fourth-order valence-electron chi connectivity index (χ4n) is 3.25. The summed E-state index contributed by atoms with van der Waals surface area (Å²) < 4.78 is 25.9. The Balaban J connectivity index is 1.52. The number of thiophene rings is 1. The van der Waals surface area contributed by atoms with E-state index >= 15 is 0 Å². The number of rotatable bonds is 4. The van der Waals surface area contributed by atoms with Crippen molar-refractivity contribution < 1.29 is 18.7 Å². The summed E-state index contributed by atoms with van der Waals surface area (Å²) >= 11 is 1.34. The standard InChI is InChI=1S/C22H15FN2O3S/c23-15-5-3-14(4-6-15)17-12-29-21(20(17)25-9-1-2-10-25)22(26)24-16-7-8-18-19(11-16)28-13-27-18/h1-12H,13H2,(H,24,26). The third kappa shape index (κ3) is 3.25. The van der Waals surface area contributed by atoms with Crippen molar-refractivity contribution >= 4 is 22.9 Å². The number of halogens is 1. The number of aromatic nitrogens is 1. The minimum absolute atomic E-state index is 0.177. The number of ether oxygens (including phenoxy) is 2. The lowest BCUT2D eigenvalue weighted by molar-refractivity contribution is 0.103. The van der Waals surface area contributed by atoms with Crippen LogP contribution in [-0.2, 0) is 0 Å². The summed E-state index contributed by atoms with van der Waals surface area (Å²) in [5.41, 5.74) is 3.08.